The number of imidazole rings is 1. The number of hydrogen-bond donors (Lipinski definition) is 2. The van der Waals surface area contributed by atoms with Crippen molar-refractivity contribution in [3.05, 3.63) is 55.0 Å². The number of hydrogen-bond acceptors (Lipinski definition) is 4. The maximum absolute atomic E-state index is 12.6. The van der Waals surface area contributed by atoms with Gasteiger partial charge in [-0.1, -0.05) is 12.1 Å². The molecule has 8 nitrogen and oxygen atoms in total. The van der Waals surface area contributed by atoms with E-state index in [0.717, 1.165) is 61.2 Å². The minimum Gasteiger partial charge on any atom is -0.342 e. The SMILES string of the molecule is O=C(C1CC1)N1CCC(CC2NNC(=O)N2c2ccc(-c3ccn4ccnc4c3)cc2)C1. The van der Waals surface area contributed by atoms with Gasteiger partial charge in [0.1, 0.15) is 11.8 Å². The molecule has 2 aliphatic heterocycles. The smallest absolute Gasteiger partial charge is 0.337 e. The van der Waals surface area contributed by atoms with Gasteiger partial charge >= 0.3 is 6.03 Å². The van der Waals surface area contributed by atoms with Crippen LogP contribution in [0.2, 0.25) is 0 Å². The van der Waals surface area contributed by atoms with Gasteiger partial charge in [-0.15, -0.1) is 0 Å². The standard InChI is InChI=1S/C24H26N6O2/c31-23(18-1-2-18)29-10-7-16(15-29)13-22-26-27-24(32)30(22)20-5-3-17(4-6-20)19-8-11-28-12-9-25-21(28)14-19/h3-6,8-9,11-12,14,16,18,22,26H,1-2,7,10,13,15H2,(H,27,32). The van der Waals surface area contributed by atoms with Crippen molar-refractivity contribution in [2.45, 2.75) is 31.8 Å². The van der Waals surface area contributed by atoms with Gasteiger partial charge in [0.05, 0.1) is 0 Å². The highest BCUT2D eigenvalue weighted by atomic mass is 16.2. The second-order valence-corrected chi connectivity index (χ2v) is 9.06. The third kappa shape index (κ3) is 3.50. The molecule has 0 spiro atoms. The number of nitrogens with one attached hydrogen (secondary N) is 2. The molecule has 164 valence electrons. The van der Waals surface area contributed by atoms with Crippen LogP contribution in [0, 0.1) is 11.8 Å². The third-order valence-corrected chi connectivity index (χ3v) is 6.83. The van der Waals surface area contributed by atoms with Crippen LogP contribution in [0.15, 0.2) is 55.0 Å². The Morgan fingerprint density at radius 2 is 1.91 bits per heavy atom. The van der Waals surface area contributed by atoms with E-state index in [-0.39, 0.29) is 18.1 Å². The summed E-state index contributed by atoms with van der Waals surface area (Å²) in [6.45, 7) is 1.63. The molecule has 6 rings (SSSR count). The fourth-order valence-corrected chi connectivity index (χ4v) is 4.91. The normalized spacial score (nSPS) is 23.2. The number of fused-ring (bicyclic) bond motifs is 1. The first kappa shape index (κ1) is 19.3. The number of nitrogens with zero attached hydrogens (tertiary/aromatic N) is 4. The summed E-state index contributed by atoms with van der Waals surface area (Å²) in [5, 5.41) is 0. The average molecular weight is 431 g/mol. The van der Waals surface area contributed by atoms with Crippen LogP contribution < -0.4 is 15.8 Å². The Morgan fingerprint density at radius 1 is 1.06 bits per heavy atom. The quantitative estimate of drug-likeness (QED) is 0.652. The third-order valence-electron chi connectivity index (χ3n) is 6.83. The molecule has 2 N–H and O–H groups in total. The molecule has 8 heteroatoms. The fourth-order valence-electron chi connectivity index (χ4n) is 4.91. The predicted molar refractivity (Wildman–Crippen MR) is 121 cm³/mol. The van der Waals surface area contributed by atoms with Crippen molar-refractivity contribution in [1.29, 1.82) is 0 Å². The Balaban J connectivity index is 1.16. The summed E-state index contributed by atoms with van der Waals surface area (Å²) in [6.07, 6.45) is 9.47. The van der Waals surface area contributed by atoms with E-state index >= 15 is 0 Å². The summed E-state index contributed by atoms with van der Waals surface area (Å²) < 4.78 is 1.98. The minimum absolute atomic E-state index is 0.129. The van der Waals surface area contributed by atoms with Gasteiger partial charge in [0.15, 0.2) is 0 Å². The number of benzene rings is 1. The lowest BCUT2D eigenvalue weighted by molar-refractivity contribution is -0.131. The molecule has 0 bridgehead atoms. The van der Waals surface area contributed by atoms with Crippen molar-refractivity contribution < 1.29 is 9.59 Å². The van der Waals surface area contributed by atoms with Gasteiger partial charge in [-0.2, -0.15) is 0 Å². The van der Waals surface area contributed by atoms with Crippen molar-refractivity contribution >= 4 is 23.3 Å². The Hall–Kier alpha value is -3.39. The second-order valence-electron chi connectivity index (χ2n) is 9.06. The molecular formula is C24H26N6O2. The Kier molecular flexibility index (Phi) is 4.61. The number of anilines is 1. The molecule has 2 atom stereocenters. The molecule has 1 aromatic carbocycles. The molecule has 32 heavy (non-hydrogen) atoms. The molecule has 2 aromatic heterocycles. The first-order valence-electron chi connectivity index (χ1n) is 11.3. The molecule has 3 amide bonds. The summed E-state index contributed by atoms with van der Waals surface area (Å²) in [5.41, 5.74) is 9.82. The number of amides is 3. The zero-order chi connectivity index (χ0) is 21.7. The molecule has 2 unspecified atom stereocenters. The van der Waals surface area contributed by atoms with E-state index in [0.29, 0.717) is 11.8 Å². The fraction of sp³-hybridized carbons (Fsp3) is 0.375. The summed E-state index contributed by atoms with van der Waals surface area (Å²) in [4.78, 5) is 33.1. The number of likely N-dealkylation sites (tertiary alicyclic amines) is 1. The number of rotatable bonds is 5. The maximum Gasteiger partial charge on any atom is 0.337 e. The molecule has 3 fully saturated rings. The summed E-state index contributed by atoms with van der Waals surface area (Å²) in [7, 11) is 0. The topological polar surface area (TPSA) is 82.0 Å². The van der Waals surface area contributed by atoms with Crippen molar-refractivity contribution in [1.82, 2.24) is 25.1 Å². The summed E-state index contributed by atoms with van der Waals surface area (Å²) >= 11 is 0. The molecule has 1 saturated carbocycles. The zero-order valence-electron chi connectivity index (χ0n) is 17.8. The van der Waals surface area contributed by atoms with Gasteiger partial charge in [-0.05, 0) is 67.0 Å². The van der Waals surface area contributed by atoms with Crippen molar-refractivity contribution in [3.63, 3.8) is 0 Å². The molecule has 2 saturated heterocycles. The highest BCUT2D eigenvalue weighted by Crippen LogP contribution is 2.34. The second kappa shape index (κ2) is 7.63. The van der Waals surface area contributed by atoms with Crippen LogP contribution in [0.5, 0.6) is 0 Å². The van der Waals surface area contributed by atoms with E-state index in [1.54, 1.807) is 11.1 Å². The lowest BCUT2D eigenvalue weighted by Gasteiger charge is -2.25. The molecule has 3 aliphatic rings. The zero-order valence-corrected chi connectivity index (χ0v) is 17.8. The van der Waals surface area contributed by atoms with E-state index in [2.05, 4.69) is 28.0 Å². The van der Waals surface area contributed by atoms with E-state index < -0.39 is 0 Å². The van der Waals surface area contributed by atoms with E-state index in [4.69, 9.17) is 0 Å². The van der Waals surface area contributed by atoms with E-state index in [1.807, 2.05) is 46.0 Å². The van der Waals surface area contributed by atoms with Crippen molar-refractivity contribution in [3.8, 4) is 11.1 Å². The van der Waals surface area contributed by atoms with Gasteiger partial charge in [-0.25, -0.2) is 15.2 Å². The molecular weight excluding hydrogens is 404 g/mol. The van der Waals surface area contributed by atoms with Crippen LogP contribution in [0.3, 0.4) is 0 Å². The molecule has 3 aromatic rings. The Bertz CT molecular complexity index is 1170. The van der Waals surface area contributed by atoms with Gasteiger partial charge in [0, 0.05) is 43.3 Å². The van der Waals surface area contributed by atoms with Crippen LogP contribution in [0.1, 0.15) is 25.7 Å². The average Bonchev–Trinajstić information content (AvgIpc) is 3.20. The van der Waals surface area contributed by atoms with Gasteiger partial charge in [0.2, 0.25) is 5.91 Å². The maximum atomic E-state index is 12.6. The first-order chi connectivity index (χ1) is 15.7. The van der Waals surface area contributed by atoms with Crippen molar-refractivity contribution in [2.24, 2.45) is 11.8 Å². The lowest BCUT2D eigenvalue weighted by Crippen LogP contribution is -2.39. The highest BCUT2D eigenvalue weighted by molar-refractivity contribution is 5.94. The number of pyridine rings is 1. The monoisotopic (exact) mass is 430 g/mol. The van der Waals surface area contributed by atoms with Crippen molar-refractivity contribution in [2.75, 3.05) is 18.0 Å². The van der Waals surface area contributed by atoms with Crippen LogP contribution in [0.25, 0.3) is 16.8 Å². The Morgan fingerprint density at radius 3 is 2.72 bits per heavy atom. The van der Waals surface area contributed by atoms with Crippen LogP contribution in [-0.2, 0) is 4.79 Å². The minimum atomic E-state index is -0.148. The van der Waals surface area contributed by atoms with E-state index in [1.165, 1.54) is 0 Å². The predicted octanol–water partition coefficient (Wildman–Crippen LogP) is 3.01. The number of hydrazine groups is 1. The highest BCUT2D eigenvalue weighted by Gasteiger charge is 2.39. The van der Waals surface area contributed by atoms with Crippen LogP contribution in [0.4, 0.5) is 10.5 Å². The molecule has 0 radical (unpaired) electrons. The first-order valence-corrected chi connectivity index (χ1v) is 11.3. The van der Waals surface area contributed by atoms with Gasteiger partial charge < -0.3 is 9.30 Å². The summed E-state index contributed by atoms with van der Waals surface area (Å²) in [6, 6.07) is 12.0. The van der Waals surface area contributed by atoms with Crippen LogP contribution >= 0.6 is 0 Å². The molecule has 1 aliphatic carbocycles. The molecule has 4 heterocycles. The number of carbonyl (C=O) groups is 2. The lowest BCUT2D eigenvalue weighted by atomic mass is 10.0. The van der Waals surface area contributed by atoms with Crippen LogP contribution in [-0.4, -0.2) is 45.5 Å². The number of urea groups is 1. The number of carbonyl (C=O) groups excluding carboxylic acids is 2. The summed E-state index contributed by atoms with van der Waals surface area (Å²) in [5.74, 6) is 0.985. The number of aromatic nitrogens is 2. The van der Waals surface area contributed by atoms with Gasteiger partial charge in [0.25, 0.3) is 0 Å². The largest absolute Gasteiger partial charge is 0.342 e. The van der Waals surface area contributed by atoms with E-state index in [9.17, 15) is 9.59 Å². The Labute approximate surface area is 186 Å². The van der Waals surface area contributed by atoms with Gasteiger partial charge in [-0.3, -0.25) is 15.1 Å².